The monoisotopic (exact) mass is 508 g/mol. The van der Waals surface area contributed by atoms with Gasteiger partial charge in [0.1, 0.15) is 12.4 Å². The third-order valence-electron chi connectivity index (χ3n) is 5.65. The quantitative estimate of drug-likeness (QED) is 0.360. The number of hydrogen-bond acceptors (Lipinski definition) is 5. The number of nitrogens with one attached hydrogen (secondary N) is 1. The Kier molecular flexibility index (Phi) is 7.40. The SMILES string of the molecule is COc1ccc(S(=O)(=O)N(CC(=O)NCc2ccc3ccccc3c2)c2ccc(F)cc2)cc1OC. The zero-order chi connectivity index (χ0) is 25.7. The van der Waals surface area contributed by atoms with Crippen molar-refractivity contribution >= 4 is 32.4 Å². The Hall–Kier alpha value is -4.11. The van der Waals surface area contributed by atoms with Crippen LogP contribution in [-0.4, -0.2) is 35.1 Å². The maximum atomic E-state index is 13.6. The van der Waals surface area contributed by atoms with Gasteiger partial charge in [-0.25, -0.2) is 12.8 Å². The first kappa shape index (κ1) is 25.0. The normalized spacial score (nSPS) is 11.2. The highest BCUT2D eigenvalue weighted by molar-refractivity contribution is 7.92. The fourth-order valence-corrected chi connectivity index (χ4v) is 5.20. The fraction of sp³-hybridized carbons (Fsp3) is 0.148. The van der Waals surface area contributed by atoms with Crippen LogP contribution >= 0.6 is 0 Å². The minimum absolute atomic E-state index is 0.105. The summed E-state index contributed by atoms with van der Waals surface area (Å²) in [7, 11) is -1.38. The number of methoxy groups -OCH3 is 2. The second-order valence-corrected chi connectivity index (χ2v) is 9.83. The standard InChI is InChI=1S/C27H25FN2O5S/c1-34-25-14-13-24(16-26(25)35-2)36(32,33)30(23-11-9-22(28)10-12-23)18-27(31)29-17-19-7-8-20-5-3-4-6-21(20)15-19/h3-16H,17-18H2,1-2H3,(H,29,31). The Labute approximate surface area is 209 Å². The van der Waals surface area contributed by atoms with Crippen LogP contribution in [0.4, 0.5) is 10.1 Å². The smallest absolute Gasteiger partial charge is 0.264 e. The summed E-state index contributed by atoms with van der Waals surface area (Å²) in [6.45, 7) is -0.285. The molecule has 0 aromatic heterocycles. The van der Waals surface area contributed by atoms with E-state index in [9.17, 15) is 17.6 Å². The molecule has 36 heavy (non-hydrogen) atoms. The van der Waals surface area contributed by atoms with Crippen LogP contribution in [0, 0.1) is 5.82 Å². The van der Waals surface area contributed by atoms with Crippen molar-refractivity contribution in [3.05, 3.63) is 96.3 Å². The molecule has 0 saturated carbocycles. The van der Waals surface area contributed by atoms with Gasteiger partial charge in [0, 0.05) is 12.6 Å². The second kappa shape index (κ2) is 10.7. The van der Waals surface area contributed by atoms with Gasteiger partial charge in [-0.2, -0.15) is 0 Å². The van der Waals surface area contributed by atoms with Crippen LogP contribution in [0.1, 0.15) is 5.56 Å². The molecule has 0 bridgehead atoms. The van der Waals surface area contributed by atoms with E-state index in [1.165, 1.54) is 44.6 Å². The van der Waals surface area contributed by atoms with Crippen molar-refractivity contribution in [1.29, 1.82) is 0 Å². The van der Waals surface area contributed by atoms with Gasteiger partial charge in [0.2, 0.25) is 5.91 Å². The molecule has 9 heteroatoms. The maximum Gasteiger partial charge on any atom is 0.264 e. The van der Waals surface area contributed by atoms with E-state index in [1.54, 1.807) is 0 Å². The third kappa shape index (κ3) is 5.41. The molecular weight excluding hydrogens is 483 g/mol. The Bertz CT molecular complexity index is 1490. The molecule has 4 aromatic rings. The molecule has 0 aliphatic heterocycles. The zero-order valence-corrected chi connectivity index (χ0v) is 20.6. The molecular formula is C27H25FN2O5S. The van der Waals surface area contributed by atoms with E-state index in [1.807, 2.05) is 42.5 Å². The lowest BCUT2D eigenvalue weighted by Gasteiger charge is -2.24. The number of sulfonamides is 1. The van der Waals surface area contributed by atoms with Gasteiger partial charge in [-0.3, -0.25) is 9.10 Å². The molecule has 0 atom stereocenters. The van der Waals surface area contributed by atoms with Crippen LogP contribution in [0.25, 0.3) is 10.8 Å². The number of carbonyl (C=O) groups is 1. The van der Waals surface area contributed by atoms with E-state index >= 15 is 0 Å². The van der Waals surface area contributed by atoms with Gasteiger partial charge < -0.3 is 14.8 Å². The molecule has 0 unspecified atom stereocenters. The Balaban J connectivity index is 1.59. The topological polar surface area (TPSA) is 84.9 Å². The third-order valence-corrected chi connectivity index (χ3v) is 7.42. The largest absolute Gasteiger partial charge is 0.493 e. The molecule has 4 rings (SSSR count). The van der Waals surface area contributed by atoms with Crippen LogP contribution in [0.5, 0.6) is 11.5 Å². The molecule has 0 radical (unpaired) electrons. The number of nitrogens with zero attached hydrogens (tertiary/aromatic N) is 1. The van der Waals surface area contributed by atoms with E-state index in [0.29, 0.717) is 5.75 Å². The number of fused-ring (bicyclic) bond motifs is 1. The van der Waals surface area contributed by atoms with Gasteiger partial charge in [0.25, 0.3) is 10.0 Å². The molecule has 0 fully saturated rings. The number of benzene rings is 4. The van der Waals surface area contributed by atoms with Gasteiger partial charge in [-0.1, -0.05) is 36.4 Å². The number of anilines is 1. The molecule has 4 aromatic carbocycles. The summed E-state index contributed by atoms with van der Waals surface area (Å²) in [5, 5.41) is 4.89. The Morgan fingerprint density at radius 3 is 2.25 bits per heavy atom. The lowest BCUT2D eigenvalue weighted by atomic mass is 10.1. The minimum atomic E-state index is -4.22. The number of ether oxygens (including phenoxy) is 2. The van der Waals surface area contributed by atoms with Crippen molar-refractivity contribution < 1.29 is 27.1 Å². The number of amides is 1. The van der Waals surface area contributed by atoms with Gasteiger partial charge in [-0.15, -0.1) is 0 Å². The molecule has 0 heterocycles. The number of carbonyl (C=O) groups excluding carboxylic acids is 1. The van der Waals surface area contributed by atoms with E-state index in [-0.39, 0.29) is 22.9 Å². The summed E-state index contributed by atoms with van der Waals surface area (Å²) in [4.78, 5) is 12.8. The van der Waals surface area contributed by atoms with Gasteiger partial charge in [0.15, 0.2) is 11.5 Å². The van der Waals surface area contributed by atoms with Crippen LogP contribution in [0.3, 0.4) is 0 Å². The van der Waals surface area contributed by atoms with Gasteiger partial charge in [-0.05, 0) is 58.8 Å². The zero-order valence-electron chi connectivity index (χ0n) is 19.8. The predicted octanol–water partition coefficient (Wildman–Crippen LogP) is 4.51. The van der Waals surface area contributed by atoms with E-state index in [2.05, 4.69) is 5.32 Å². The molecule has 0 aliphatic carbocycles. The van der Waals surface area contributed by atoms with Crippen LogP contribution < -0.4 is 19.1 Å². The molecule has 0 saturated heterocycles. The minimum Gasteiger partial charge on any atom is -0.493 e. The fourth-order valence-electron chi connectivity index (χ4n) is 3.76. The maximum absolute atomic E-state index is 13.6. The van der Waals surface area contributed by atoms with Crippen molar-refractivity contribution in [1.82, 2.24) is 5.32 Å². The summed E-state index contributed by atoms with van der Waals surface area (Å²) in [6.07, 6.45) is 0. The average molecular weight is 509 g/mol. The highest BCUT2D eigenvalue weighted by Crippen LogP contribution is 2.32. The first-order valence-electron chi connectivity index (χ1n) is 11.1. The first-order valence-corrected chi connectivity index (χ1v) is 12.5. The van der Waals surface area contributed by atoms with E-state index in [4.69, 9.17) is 9.47 Å². The van der Waals surface area contributed by atoms with Crippen molar-refractivity contribution in [2.75, 3.05) is 25.1 Å². The molecule has 0 spiro atoms. The first-order chi connectivity index (χ1) is 17.3. The summed E-state index contributed by atoms with van der Waals surface area (Å²) < 4.78 is 52.1. The highest BCUT2D eigenvalue weighted by atomic mass is 32.2. The van der Waals surface area contributed by atoms with Crippen LogP contribution in [-0.2, 0) is 21.4 Å². The summed E-state index contributed by atoms with van der Waals surface area (Å²) in [5.74, 6) is -0.462. The van der Waals surface area contributed by atoms with Gasteiger partial charge >= 0.3 is 0 Å². The van der Waals surface area contributed by atoms with E-state index in [0.717, 1.165) is 32.8 Å². The van der Waals surface area contributed by atoms with Gasteiger partial charge in [0.05, 0.1) is 24.8 Å². The molecule has 0 aliphatic rings. The predicted molar refractivity (Wildman–Crippen MR) is 136 cm³/mol. The lowest BCUT2D eigenvalue weighted by Crippen LogP contribution is -2.40. The number of rotatable bonds is 9. The van der Waals surface area contributed by atoms with E-state index < -0.39 is 28.3 Å². The van der Waals surface area contributed by atoms with Crippen molar-refractivity contribution in [3.8, 4) is 11.5 Å². The lowest BCUT2D eigenvalue weighted by molar-refractivity contribution is -0.119. The molecule has 1 amide bonds. The number of halogens is 1. The summed E-state index contributed by atoms with van der Waals surface area (Å²) in [6, 6.07) is 22.7. The average Bonchev–Trinajstić information content (AvgIpc) is 2.90. The number of hydrogen-bond donors (Lipinski definition) is 1. The summed E-state index contributed by atoms with van der Waals surface area (Å²) >= 11 is 0. The van der Waals surface area contributed by atoms with Crippen molar-refractivity contribution in [2.45, 2.75) is 11.4 Å². The molecule has 7 nitrogen and oxygen atoms in total. The second-order valence-electron chi connectivity index (χ2n) is 7.96. The Morgan fingerprint density at radius 1 is 0.861 bits per heavy atom. The highest BCUT2D eigenvalue weighted by Gasteiger charge is 2.28. The molecule has 1 N–H and O–H groups in total. The summed E-state index contributed by atoms with van der Waals surface area (Å²) in [5.41, 5.74) is 1.02. The van der Waals surface area contributed by atoms with Crippen molar-refractivity contribution in [2.24, 2.45) is 0 Å². The van der Waals surface area contributed by atoms with Crippen molar-refractivity contribution in [3.63, 3.8) is 0 Å². The molecule has 186 valence electrons. The van der Waals surface area contributed by atoms with Crippen LogP contribution in [0.2, 0.25) is 0 Å². The Morgan fingerprint density at radius 2 is 1.56 bits per heavy atom. The van der Waals surface area contributed by atoms with Crippen LogP contribution in [0.15, 0.2) is 89.8 Å².